The molecule has 0 atom stereocenters. The van der Waals surface area contributed by atoms with E-state index in [1.54, 1.807) is 26.0 Å². The summed E-state index contributed by atoms with van der Waals surface area (Å²) < 4.78 is 0. The summed E-state index contributed by atoms with van der Waals surface area (Å²) in [5.41, 5.74) is 2.76. The zero-order valence-electron chi connectivity index (χ0n) is 13.7. The van der Waals surface area contributed by atoms with Crippen molar-refractivity contribution in [3.8, 4) is 0 Å². The molecule has 7 nitrogen and oxygen atoms in total. The van der Waals surface area contributed by atoms with E-state index in [0.717, 1.165) is 11.1 Å². The van der Waals surface area contributed by atoms with E-state index in [4.69, 9.17) is 5.11 Å². The maximum atomic E-state index is 12.4. The van der Waals surface area contributed by atoms with E-state index < -0.39 is 18.4 Å². The van der Waals surface area contributed by atoms with Crippen molar-refractivity contribution >= 4 is 29.5 Å². The van der Waals surface area contributed by atoms with Gasteiger partial charge in [-0.05, 0) is 26.8 Å². The van der Waals surface area contributed by atoms with Crippen LogP contribution in [-0.4, -0.2) is 39.9 Å². The number of fused-ring (bicyclic) bond motifs is 1. The Hall–Kier alpha value is -3.09. The Morgan fingerprint density at radius 1 is 1.29 bits per heavy atom. The van der Waals surface area contributed by atoms with Crippen LogP contribution in [0.2, 0.25) is 0 Å². The average molecular weight is 329 g/mol. The number of aliphatic carboxylic acids is 1. The first kappa shape index (κ1) is 17.3. The number of amides is 1. The number of hydrogen-bond acceptors (Lipinski definition) is 5. The molecule has 0 fully saturated rings. The van der Waals surface area contributed by atoms with E-state index in [0.29, 0.717) is 11.3 Å². The Morgan fingerprint density at radius 2 is 2.00 bits per heavy atom. The number of benzene rings is 1. The highest BCUT2D eigenvalue weighted by Gasteiger charge is 2.33. The zero-order valence-corrected chi connectivity index (χ0v) is 13.7. The Labute approximate surface area is 139 Å². The largest absolute Gasteiger partial charge is 0.505 e. The van der Waals surface area contributed by atoms with Gasteiger partial charge in [-0.1, -0.05) is 23.8 Å². The lowest BCUT2D eigenvalue weighted by Gasteiger charge is -2.30. The van der Waals surface area contributed by atoms with Crippen molar-refractivity contribution in [3.05, 3.63) is 46.7 Å². The molecule has 1 aromatic carbocycles. The molecule has 0 bridgehead atoms. The van der Waals surface area contributed by atoms with Crippen molar-refractivity contribution in [2.24, 2.45) is 5.10 Å². The molecule has 1 aromatic rings. The number of aryl methyl sites for hydroxylation is 1. The summed E-state index contributed by atoms with van der Waals surface area (Å²) in [7, 11) is 0. The van der Waals surface area contributed by atoms with E-state index in [-0.39, 0.29) is 11.5 Å². The third kappa shape index (κ3) is 3.15. The van der Waals surface area contributed by atoms with E-state index in [9.17, 15) is 14.7 Å². The summed E-state index contributed by atoms with van der Waals surface area (Å²) in [6.45, 7) is 4.86. The van der Waals surface area contributed by atoms with Gasteiger partial charge in [0.25, 0.3) is 5.91 Å². The number of carboxylic acid groups (broad SMARTS) is 1. The topological polar surface area (TPSA) is 102 Å². The fraction of sp³-hybridized carbons (Fsp3) is 0.235. The van der Waals surface area contributed by atoms with Gasteiger partial charge in [0.2, 0.25) is 0 Å². The number of carbonyl (C=O) groups excluding carboxylic acids is 1. The summed E-state index contributed by atoms with van der Waals surface area (Å²) in [6, 6.07) is 5.44. The quantitative estimate of drug-likeness (QED) is 0.734. The number of hydrogen-bond donors (Lipinski definition) is 3. The van der Waals surface area contributed by atoms with Crippen LogP contribution in [0, 0.1) is 6.92 Å². The summed E-state index contributed by atoms with van der Waals surface area (Å²) in [6.07, 6.45) is 3.27. The van der Waals surface area contributed by atoms with Crippen LogP contribution >= 0.6 is 0 Å². The van der Waals surface area contributed by atoms with E-state index in [2.05, 4.69) is 10.4 Å². The zero-order chi connectivity index (χ0) is 17.9. The molecule has 0 aliphatic carbocycles. The number of aliphatic hydroxyl groups excluding tert-OH is 1. The molecular formula is C17H19N3O4. The number of carboxylic acids is 1. The minimum atomic E-state index is -1.17. The third-order valence-corrected chi connectivity index (χ3v) is 3.49. The molecular weight excluding hydrogens is 310 g/mol. The summed E-state index contributed by atoms with van der Waals surface area (Å²) in [5.74, 6) is -2.14. The van der Waals surface area contributed by atoms with Gasteiger partial charge in [0, 0.05) is 17.3 Å². The first-order chi connectivity index (χ1) is 11.4. The second-order valence-corrected chi connectivity index (χ2v) is 5.18. The molecule has 0 aromatic heterocycles. The number of hydrazone groups is 1. The molecule has 1 heterocycles. The molecule has 7 heteroatoms. The van der Waals surface area contributed by atoms with Crippen LogP contribution in [0.5, 0.6) is 0 Å². The Balaban J connectivity index is 2.63. The maximum Gasteiger partial charge on any atom is 0.322 e. The number of nitrogens with zero attached hydrogens (tertiary/aromatic N) is 2. The van der Waals surface area contributed by atoms with Gasteiger partial charge < -0.3 is 15.5 Å². The lowest BCUT2D eigenvalue weighted by molar-refractivity contribution is -0.137. The number of aliphatic hydroxyl groups is 1. The van der Waals surface area contributed by atoms with Crippen molar-refractivity contribution in [2.75, 3.05) is 6.54 Å². The highest BCUT2D eigenvalue weighted by atomic mass is 16.4. The van der Waals surface area contributed by atoms with Gasteiger partial charge in [0.1, 0.15) is 6.54 Å². The molecule has 0 radical (unpaired) electrons. The van der Waals surface area contributed by atoms with Gasteiger partial charge >= 0.3 is 5.97 Å². The van der Waals surface area contributed by atoms with Crippen molar-refractivity contribution in [1.29, 1.82) is 0 Å². The predicted molar refractivity (Wildman–Crippen MR) is 91.0 cm³/mol. The van der Waals surface area contributed by atoms with Crippen LogP contribution in [0.4, 0.5) is 0 Å². The average Bonchev–Trinajstić information content (AvgIpc) is 2.53. The number of rotatable bonds is 4. The van der Waals surface area contributed by atoms with E-state index >= 15 is 0 Å². The first-order valence-corrected chi connectivity index (χ1v) is 7.40. The lowest BCUT2D eigenvalue weighted by atomic mass is 9.95. The molecule has 24 heavy (non-hydrogen) atoms. The molecule has 1 aliphatic heterocycles. The van der Waals surface area contributed by atoms with Crippen molar-refractivity contribution in [3.63, 3.8) is 0 Å². The molecule has 1 amide bonds. The minimum Gasteiger partial charge on any atom is -0.505 e. The van der Waals surface area contributed by atoms with Gasteiger partial charge in [-0.15, -0.1) is 0 Å². The molecule has 0 saturated heterocycles. The van der Waals surface area contributed by atoms with Crippen LogP contribution in [0.3, 0.4) is 0 Å². The Kier molecular flexibility index (Phi) is 5.03. The third-order valence-electron chi connectivity index (χ3n) is 3.49. The fourth-order valence-corrected chi connectivity index (χ4v) is 2.50. The fourth-order valence-electron chi connectivity index (χ4n) is 2.50. The highest BCUT2D eigenvalue weighted by Crippen LogP contribution is 2.38. The Bertz CT molecular complexity index is 778. The van der Waals surface area contributed by atoms with Gasteiger partial charge in [0.15, 0.2) is 11.5 Å². The predicted octanol–water partition coefficient (Wildman–Crippen LogP) is 2.10. The molecule has 0 spiro atoms. The van der Waals surface area contributed by atoms with E-state index in [1.165, 1.54) is 11.2 Å². The summed E-state index contributed by atoms with van der Waals surface area (Å²) in [5, 5.41) is 27.1. The molecule has 3 N–H and O–H groups in total. The smallest absolute Gasteiger partial charge is 0.322 e. The normalized spacial score (nSPS) is 15.8. The molecule has 1 aliphatic rings. The standard InChI is InChI=1S/C17H19N3O4/c1-4-13-12-8-10(3)6-7-11(12)16(23)15(20(13)19-5-2)17(24)18-9-14(21)22/h4-8,23H,9H2,1-3H3,(H,18,24)(H,21,22)/b13-4+,19-5-. The van der Waals surface area contributed by atoms with Gasteiger partial charge in [0.05, 0.1) is 5.70 Å². The molecule has 126 valence electrons. The monoisotopic (exact) mass is 329 g/mol. The molecule has 0 unspecified atom stereocenters. The van der Waals surface area contributed by atoms with Crippen LogP contribution in [0.15, 0.2) is 35.1 Å². The summed E-state index contributed by atoms with van der Waals surface area (Å²) in [4.78, 5) is 23.1. The van der Waals surface area contributed by atoms with E-state index in [1.807, 2.05) is 19.1 Å². The van der Waals surface area contributed by atoms with Gasteiger partial charge in [-0.3, -0.25) is 9.59 Å². The van der Waals surface area contributed by atoms with Crippen LogP contribution in [0.1, 0.15) is 30.5 Å². The first-order valence-electron chi connectivity index (χ1n) is 7.40. The van der Waals surface area contributed by atoms with Crippen molar-refractivity contribution in [2.45, 2.75) is 20.8 Å². The second kappa shape index (κ2) is 6.99. The van der Waals surface area contributed by atoms with Crippen molar-refractivity contribution < 1.29 is 19.8 Å². The minimum absolute atomic E-state index is 0.112. The Morgan fingerprint density at radius 3 is 2.58 bits per heavy atom. The number of carbonyl (C=O) groups is 2. The van der Waals surface area contributed by atoms with Gasteiger partial charge in [-0.25, -0.2) is 5.01 Å². The summed E-state index contributed by atoms with van der Waals surface area (Å²) >= 11 is 0. The second-order valence-electron chi connectivity index (χ2n) is 5.18. The highest BCUT2D eigenvalue weighted by molar-refractivity contribution is 6.04. The van der Waals surface area contributed by atoms with Crippen LogP contribution in [-0.2, 0) is 9.59 Å². The SMILES string of the molecule is C/C=N\N1C(C(=O)NCC(=O)O)=C(O)c2ccc(C)cc2/C1=C\C. The lowest BCUT2D eigenvalue weighted by Crippen LogP contribution is -2.37. The van der Waals surface area contributed by atoms with Crippen LogP contribution in [0.25, 0.3) is 11.5 Å². The van der Waals surface area contributed by atoms with Gasteiger partial charge in [-0.2, -0.15) is 5.10 Å². The number of allylic oxidation sites excluding steroid dienone is 1. The molecule has 2 rings (SSSR count). The van der Waals surface area contributed by atoms with Crippen LogP contribution < -0.4 is 5.32 Å². The number of nitrogens with one attached hydrogen (secondary N) is 1. The molecule has 0 saturated carbocycles. The van der Waals surface area contributed by atoms with Crippen molar-refractivity contribution in [1.82, 2.24) is 10.3 Å². The maximum absolute atomic E-state index is 12.4.